The second-order valence-electron chi connectivity index (χ2n) is 8.48. The zero-order valence-corrected chi connectivity index (χ0v) is 17.2. The number of amides is 2. The Balaban J connectivity index is 1.55. The Morgan fingerprint density at radius 3 is 2.67 bits per heavy atom. The predicted molar refractivity (Wildman–Crippen MR) is 111 cm³/mol. The van der Waals surface area contributed by atoms with Gasteiger partial charge in [-0.25, -0.2) is 4.79 Å². The predicted octanol–water partition coefficient (Wildman–Crippen LogP) is 3.49. The number of hydrogen-bond donors (Lipinski definition) is 0. The van der Waals surface area contributed by atoms with Gasteiger partial charge >= 0.3 is 5.97 Å². The van der Waals surface area contributed by atoms with E-state index in [0.717, 1.165) is 29.5 Å². The van der Waals surface area contributed by atoms with Gasteiger partial charge in [-0.2, -0.15) is 0 Å². The van der Waals surface area contributed by atoms with E-state index in [1.54, 1.807) is 29.2 Å². The highest BCUT2D eigenvalue weighted by Gasteiger charge is 2.64. The second kappa shape index (κ2) is 6.69. The van der Waals surface area contributed by atoms with Crippen LogP contribution in [-0.4, -0.2) is 34.4 Å². The summed E-state index contributed by atoms with van der Waals surface area (Å²) in [5.74, 6) is -0.865. The topological polar surface area (TPSA) is 66.9 Å². The summed E-state index contributed by atoms with van der Waals surface area (Å²) in [5, 5.41) is 0. The molecule has 0 N–H and O–H groups in total. The lowest BCUT2D eigenvalue weighted by Crippen LogP contribution is -2.69. The first-order valence-corrected chi connectivity index (χ1v) is 10.4. The van der Waals surface area contributed by atoms with Gasteiger partial charge in [0.1, 0.15) is 6.61 Å². The van der Waals surface area contributed by atoms with Gasteiger partial charge in [0.15, 0.2) is 0 Å². The molecule has 2 aromatic rings. The van der Waals surface area contributed by atoms with E-state index >= 15 is 0 Å². The Kier molecular flexibility index (Phi) is 4.20. The lowest BCUT2D eigenvalue weighted by molar-refractivity contribution is -0.159. The number of aryl methyl sites for hydroxylation is 2. The highest BCUT2D eigenvalue weighted by atomic mass is 16.5. The Morgan fingerprint density at radius 1 is 1.13 bits per heavy atom. The van der Waals surface area contributed by atoms with Crippen LogP contribution in [0.25, 0.3) is 0 Å². The second-order valence-corrected chi connectivity index (χ2v) is 8.48. The third kappa shape index (κ3) is 2.66. The van der Waals surface area contributed by atoms with Crippen molar-refractivity contribution in [3.8, 4) is 0 Å². The summed E-state index contributed by atoms with van der Waals surface area (Å²) in [6.45, 7) is 4.08. The van der Waals surface area contributed by atoms with Crippen LogP contribution in [0.4, 0.5) is 5.69 Å². The van der Waals surface area contributed by atoms with Crippen LogP contribution in [0.3, 0.4) is 0 Å². The van der Waals surface area contributed by atoms with Gasteiger partial charge in [0.2, 0.25) is 11.6 Å². The third-order valence-electron chi connectivity index (χ3n) is 6.40. The Labute approximate surface area is 175 Å². The summed E-state index contributed by atoms with van der Waals surface area (Å²) in [7, 11) is 0. The van der Waals surface area contributed by atoms with E-state index in [1.807, 2.05) is 32.0 Å². The van der Waals surface area contributed by atoms with E-state index in [1.165, 1.54) is 4.90 Å². The molecule has 3 aliphatic rings. The number of carbonyl (C=O) groups is 3. The number of benzene rings is 2. The number of ether oxygens (including phenoxy) is 1. The van der Waals surface area contributed by atoms with Crippen LogP contribution < -0.4 is 4.90 Å². The highest BCUT2D eigenvalue weighted by Crippen LogP contribution is 2.49. The fraction of sp³-hybridized carbons (Fsp3) is 0.375. The van der Waals surface area contributed by atoms with Crippen LogP contribution in [0.2, 0.25) is 0 Å². The zero-order chi connectivity index (χ0) is 21.0. The van der Waals surface area contributed by atoms with Gasteiger partial charge in [-0.15, -0.1) is 0 Å². The van der Waals surface area contributed by atoms with Crippen LogP contribution in [0.1, 0.15) is 52.7 Å². The van der Waals surface area contributed by atoms with Crippen molar-refractivity contribution in [2.75, 3.05) is 4.90 Å². The molecule has 0 aromatic heterocycles. The number of nitrogens with zero attached hydrogens (tertiary/aromatic N) is 2. The smallest absolute Gasteiger partial charge is 0.354 e. The van der Waals surface area contributed by atoms with Gasteiger partial charge in [0, 0.05) is 18.9 Å². The van der Waals surface area contributed by atoms with Crippen LogP contribution in [0, 0.1) is 13.8 Å². The highest BCUT2D eigenvalue weighted by molar-refractivity contribution is 6.15. The van der Waals surface area contributed by atoms with E-state index in [-0.39, 0.29) is 37.3 Å². The van der Waals surface area contributed by atoms with Crippen molar-refractivity contribution < 1.29 is 19.1 Å². The molecule has 0 radical (unpaired) electrons. The lowest BCUT2D eigenvalue weighted by atomic mass is 9.96. The van der Waals surface area contributed by atoms with Gasteiger partial charge in [0.25, 0.3) is 5.91 Å². The molecule has 1 saturated heterocycles. The maximum Gasteiger partial charge on any atom is 0.354 e. The Hall–Kier alpha value is -3.15. The minimum absolute atomic E-state index is 0.0347. The molecule has 6 nitrogen and oxygen atoms in total. The molecule has 5 rings (SSSR count). The largest absolute Gasteiger partial charge is 0.458 e. The average molecular weight is 404 g/mol. The molecule has 1 aliphatic carbocycles. The molecule has 0 bridgehead atoms. The molecular weight excluding hydrogens is 380 g/mol. The quantitative estimate of drug-likeness (QED) is 0.732. The average Bonchev–Trinajstić information content (AvgIpc) is 3.51. The molecule has 0 spiro atoms. The van der Waals surface area contributed by atoms with Crippen molar-refractivity contribution in [1.82, 2.24) is 4.90 Å². The van der Waals surface area contributed by atoms with Crippen molar-refractivity contribution in [2.24, 2.45) is 0 Å². The minimum Gasteiger partial charge on any atom is -0.458 e. The zero-order valence-electron chi connectivity index (χ0n) is 17.2. The normalized spacial score (nSPS) is 22.7. The lowest BCUT2D eigenvalue weighted by Gasteiger charge is -2.48. The molecule has 30 heavy (non-hydrogen) atoms. The first-order chi connectivity index (χ1) is 14.4. The summed E-state index contributed by atoms with van der Waals surface area (Å²) < 4.78 is 5.80. The minimum atomic E-state index is -1.39. The Morgan fingerprint density at radius 2 is 1.90 bits per heavy atom. The first-order valence-electron chi connectivity index (χ1n) is 10.4. The van der Waals surface area contributed by atoms with Gasteiger partial charge in [-0.3, -0.25) is 14.5 Å². The van der Waals surface area contributed by atoms with Gasteiger partial charge in [0.05, 0.1) is 11.3 Å². The Bertz CT molecular complexity index is 1070. The number of fused-ring (bicyclic) bond motifs is 3. The summed E-state index contributed by atoms with van der Waals surface area (Å²) in [5.41, 5.74) is 2.64. The first kappa shape index (κ1) is 18.9. The SMILES string of the molecule is Cc1ccc(C)c(COC(=O)[C@]23CCC(=O)N2c2ccccc2C(=O)N3C2CC2)c1. The molecule has 2 aliphatic heterocycles. The van der Waals surface area contributed by atoms with Crippen molar-refractivity contribution in [3.05, 3.63) is 64.7 Å². The van der Waals surface area contributed by atoms with Crippen molar-refractivity contribution in [2.45, 2.75) is 57.8 Å². The molecule has 0 unspecified atom stereocenters. The van der Waals surface area contributed by atoms with Gasteiger partial charge < -0.3 is 9.64 Å². The number of carbonyl (C=O) groups excluding carboxylic acids is 3. The third-order valence-corrected chi connectivity index (χ3v) is 6.40. The number of para-hydroxylation sites is 1. The summed E-state index contributed by atoms with van der Waals surface area (Å²) in [6, 6.07) is 13.0. The number of rotatable bonds is 4. The van der Waals surface area contributed by atoms with Crippen molar-refractivity contribution in [3.63, 3.8) is 0 Å². The van der Waals surface area contributed by atoms with E-state index < -0.39 is 11.6 Å². The van der Waals surface area contributed by atoms with E-state index in [2.05, 4.69) is 0 Å². The molecule has 2 fully saturated rings. The fourth-order valence-electron chi connectivity index (χ4n) is 4.73. The molecular formula is C24H24N2O4. The van der Waals surface area contributed by atoms with Gasteiger partial charge in [-0.05, 0) is 49.9 Å². The van der Waals surface area contributed by atoms with Gasteiger partial charge in [-0.1, -0.05) is 35.9 Å². The number of hydrogen-bond acceptors (Lipinski definition) is 4. The molecule has 2 aromatic carbocycles. The van der Waals surface area contributed by atoms with Crippen LogP contribution in [0.5, 0.6) is 0 Å². The molecule has 154 valence electrons. The summed E-state index contributed by atoms with van der Waals surface area (Å²) in [6.07, 6.45) is 2.14. The monoisotopic (exact) mass is 404 g/mol. The molecule has 2 heterocycles. The van der Waals surface area contributed by atoms with E-state index in [4.69, 9.17) is 4.74 Å². The molecule has 1 atom stereocenters. The van der Waals surface area contributed by atoms with Crippen LogP contribution >= 0.6 is 0 Å². The summed E-state index contributed by atoms with van der Waals surface area (Å²) in [4.78, 5) is 43.1. The van der Waals surface area contributed by atoms with E-state index in [0.29, 0.717) is 11.3 Å². The molecule has 2 amide bonds. The molecule has 6 heteroatoms. The van der Waals surface area contributed by atoms with Crippen LogP contribution in [0.15, 0.2) is 42.5 Å². The maximum atomic E-state index is 13.6. The van der Waals surface area contributed by atoms with Crippen molar-refractivity contribution in [1.29, 1.82) is 0 Å². The fourth-order valence-corrected chi connectivity index (χ4v) is 4.73. The van der Waals surface area contributed by atoms with Crippen molar-refractivity contribution >= 4 is 23.5 Å². The molecule has 1 saturated carbocycles. The number of esters is 1. The van der Waals surface area contributed by atoms with Crippen LogP contribution in [-0.2, 0) is 20.9 Å². The number of anilines is 1. The maximum absolute atomic E-state index is 13.6. The van der Waals surface area contributed by atoms with E-state index in [9.17, 15) is 14.4 Å². The summed E-state index contributed by atoms with van der Waals surface area (Å²) >= 11 is 0. The standard InChI is InChI=1S/C24H24N2O4/c1-15-7-8-16(2)17(13-15)14-30-23(29)24-12-11-21(27)26(24)20-6-4-3-5-19(20)22(28)25(24)18-9-10-18/h3-8,13,18H,9-12,14H2,1-2H3/t24-/m0/s1.